The summed E-state index contributed by atoms with van der Waals surface area (Å²) in [5.41, 5.74) is 2.68. The fraction of sp³-hybridized carbons (Fsp3) is 0.273. The molecule has 0 saturated heterocycles. The van der Waals surface area contributed by atoms with Crippen LogP contribution in [0.2, 0.25) is 0 Å². The zero-order valence-corrected chi connectivity index (χ0v) is 17.5. The highest BCUT2D eigenvalue weighted by molar-refractivity contribution is 7.13. The first-order chi connectivity index (χ1) is 14.1. The maximum absolute atomic E-state index is 12.1. The summed E-state index contributed by atoms with van der Waals surface area (Å²) in [4.78, 5) is 16.7. The van der Waals surface area contributed by atoms with E-state index in [1.165, 1.54) is 11.3 Å². The van der Waals surface area contributed by atoms with Crippen LogP contribution < -0.4 is 14.2 Å². The predicted octanol–water partition coefficient (Wildman–Crippen LogP) is 4.51. The summed E-state index contributed by atoms with van der Waals surface area (Å²) in [5.74, 6) is 1.82. The number of ether oxygens (including phenoxy) is 4. The molecule has 0 unspecified atom stereocenters. The highest BCUT2D eigenvalue weighted by Gasteiger charge is 2.10. The molecule has 152 valence electrons. The van der Waals surface area contributed by atoms with Crippen molar-refractivity contribution in [3.63, 3.8) is 0 Å². The van der Waals surface area contributed by atoms with Gasteiger partial charge in [-0.25, -0.2) is 4.98 Å². The Labute approximate surface area is 174 Å². The van der Waals surface area contributed by atoms with E-state index in [0.29, 0.717) is 17.9 Å². The summed E-state index contributed by atoms with van der Waals surface area (Å²) in [5, 5.41) is 2.76. The highest BCUT2D eigenvalue weighted by Crippen LogP contribution is 2.28. The number of carbonyl (C=O) groups excluding carboxylic acids is 1. The van der Waals surface area contributed by atoms with Crippen LogP contribution in [-0.2, 0) is 22.6 Å². The molecule has 0 aliphatic heterocycles. The maximum Gasteiger partial charge on any atom is 0.306 e. The third-order valence-electron chi connectivity index (χ3n) is 4.32. The second-order valence-electron chi connectivity index (χ2n) is 6.23. The first-order valence-electron chi connectivity index (χ1n) is 9.08. The first kappa shape index (κ1) is 20.7. The van der Waals surface area contributed by atoms with Gasteiger partial charge >= 0.3 is 5.97 Å². The van der Waals surface area contributed by atoms with Crippen LogP contribution in [0.1, 0.15) is 17.7 Å². The number of hydrogen-bond acceptors (Lipinski definition) is 7. The molecule has 1 aromatic heterocycles. The van der Waals surface area contributed by atoms with Crippen LogP contribution in [-0.4, -0.2) is 32.3 Å². The summed E-state index contributed by atoms with van der Waals surface area (Å²) in [6, 6.07) is 13.3. The van der Waals surface area contributed by atoms with E-state index in [1.54, 1.807) is 21.3 Å². The van der Waals surface area contributed by atoms with Crippen LogP contribution in [0.5, 0.6) is 17.2 Å². The van der Waals surface area contributed by atoms with E-state index >= 15 is 0 Å². The minimum Gasteiger partial charge on any atom is -0.497 e. The van der Waals surface area contributed by atoms with Crippen molar-refractivity contribution in [2.24, 2.45) is 0 Å². The first-order valence-corrected chi connectivity index (χ1v) is 9.96. The number of benzene rings is 2. The summed E-state index contributed by atoms with van der Waals surface area (Å²) >= 11 is 1.51. The zero-order valence-electron chi connectivity index (χ0n) is 16.6. The van der Waals surface area contributed by atoms with Gasteiger partial charge in [0.05, 0.1) is 27.0 Å². The Morgan fingerprint density at radius 2 is 1.83 bits per heavy atom. The quantitative estimate of drug-likeness (QED) is 0.481. The molecule has 3 aromatic rings. The van der Waals surface area contributed by atoms with Crippen LogP contribution in [0.4, 0.5) is 0 Å². The molecule has 0 saturated carbocycles. The number of nitrogens with zero attached hydrogens (tertiary/aromatic N) is 1. The summed E-state index contributed by atoms with van der Waals surface area (Å²) in [6.07, 6.45) is 0.841. The smallest absolute Gasteiger partial charge is 0.306 e. The van der Waals surface area contributed by atoms with E-state index in [2.05, 4.69) is 4.98 Å². The molecule has 0 atom stereocenters. The second-order valence-corrected chi connectivity index (χ2v) is 7.08. The number of carbonyl (C=O) groups is 1. The van der Waals surface area contributed by atoms with Crippen LogP contribution in [0.25, 0.3) is 10.6 Å². The number of rotatable bonds is 9. The number of hydrogen-bond donors (Lipinski definition) is 0. The molecular weight excluding hydrogens is 390 g/mol. The molecule has 0 amide bonds. The molecule has 0 bridgehead atoms. The molecule has 0 N–H and O–H groups in total. The highest BCUT2D eigenvalue weighted by atomic mass is 32.1. The Morgan fingerprint density at radius 1 is 1.00 bits per heavy atom. The summed E-state index contributed by atoms with van der Waals surface area (Å²) in [6.45, 7) is 0.158. The lowest BCUT2D eigenvalue weighted by atomic mass is 10.1. The van der Waals surface area contributed by atoms with Crippen molar-refractivity contribution in [1.29, 1.82) is 0 Å². The normalized spacial score (nSPS) is 10.4. The number of thiazole rings is 1. The zero-order chi connectivity index (χ0) is 20.6. The van der Waals surface area contributed by atoms with Gasteiger partial charge in [0, 0.05) is 17.4 Å². The lowest BCUT2D eigenvalue weighted by Crippen LogP contribution is -2.06. The molecule has 0 spiro atoms. The predicted molar refractivity (Wildman–Crippen MR) is 112 cm³/mol. The standard InChI is InChI=1S/C22H23NO5S/c1-25-18-6-4-5-16(12-18)22-23-17(14-29-22)13-28-21(24)10-8-15-7-9-19(26-2)20(11-15)27-3/h4-7,9,11-12,14H,8,10,13H2,1-3H3. The summed E-state index contributed by atoms with van der Waals surface area (Å²) in [7, 11) is 4.81. The van der Waals surface area contributed by atoms with Crippen molar-refractivity contribution >= 4 is 17.3 Å². The van der Waals surface area contributed by atoms with Gasteiger partial charge in [0.2, 0.25) is 0 Å². The van der Waals surface area contributed by atoms with Crippen LogP contribution in [0.3, 0.4) is 0 Å². The SMILES string of the molecule is COc1cccc(-c2nc(COC(=O)CCc3ccc(OC)c(OC)c3)cs2)c1. The third kappa shape index (κ3) is 5.48. The average Bonchev–Trinajstić information content (AvgIpc) is 3.25. The largest absolute Gasteiger partial charge is 0.497 e. The third-order valence-corrected chi connectivity index (χ3v) is 5.26. The molecule has 3 rings (SSSR count). The Bertz CT molecular complexity index is 969. The van der Waals surface area contributed by atoms with Gasteiger partial charge in [-0.15, -0.1) is 11.3 Å². The minimum atomic E-state index is -0.268. The molecule has 1 heterocycles. The van der Waals surface area contributed by atoms with Gasteiger partial charge in [0.25, 0.3) is 0 Å². The van der Waals surface area contributed by atoms with E-state index in [0.717, 1.165) is 27.6 Å². The molecule has 0 fully saturated rings. The Balaban J connectivity index is 1.51. The second kappa shape index (κ2) is 9.93. The van der Waals surface area contributed by atoms with Gasteiger partial charge in [-0.3, -0.25) is 4.79 Å². The van der Waals surface area contributed by atoms with Gasteiger partial charge < -0.3 is 18.9 Å². The van der Waals surface area contributed by atoms with Crippen LogP contribution in [0.15, 0.2) is 47.8 Å². The number of esters is 1. The molecular formula is C22H23NO5S. The lowest BCUT2D eigenvalue weighted by Gasteiger charge is -2.09. The van der Waals surface area contributed by atoms with E-state index in [9.17, 15) is 4.79 Å². The molecule has 6 nitrogen and oxygen atoms in total. The number of aryl methyl sites for hydroxylation is 1. The van der Waals surface area contributed by atoms with Gasteiger partial charge in [-0.05, 0) is 36.2 Å². The van der Waals surface area contributed by atoms with Crippen LogP contribution >= 0.6 is 11.3 Å². The molecule has 7 heteroatoms. The van der Waals surface area contributed by atoms with Crippen molar-refractivity contribution in [3.05, 3.63) is 59.1 Å². The van der Waals surface area contributed by atoms with Crippen molar-refractivity contribution in [3.8, 4) is 27.8 Å². The maximum atomic E-state index is 12.1. The Morgan fingerprint density at radius 3 is 2.59 bits per heavy atom. The fourth-order valence-electron chi connectivity index (χ4n) is 2.77. The van der Waals surface area contributed by atoms with Gasteiger partial charge in [0.15, 0.2) is 11.5 Å². The van der Waals surface area contributed by atoms with Gasteiger partial charge in [0.1, 0.15) is 17.4 Å². The summed E-state index contributed by atoms with van der Waals surface area (Å²) < 4.78 is 21.1. The molecule has 2 aromatic carbocycles. The van der Waals surface area contributed by atoms with Gasteiger partial charge in [-0.1, -0.05) is 18.2 Å². The molecule has 0 aliphatic carbocycles. The fourth-order valence-corrected chi connectivity index (χ4v) is 3.57. The van der Waals surface area contributed by atoms with Crippen molar-refractivity contribution in [2.75, 3.05) is 21.3 Å². The van der Waals surface area contributed by atoms with Crippen molar-refractivity contribution in [2.45, 2.75) is 19.4 Å². The monoisotopic (exact) mass is 413 g/mol. The Hall–Kier alpha value is -3.06. The average molecular weight is 413 g/mol. The molecule has 0 aliphatic rings. The van der Waals surface area contributed by atoms with Crippen molar-refractivity contribution in [1.82, 2.24) is 4.98 Å². The minimum absolute atomic E-state index is 0.158. The van der Waals surface area contributed by atoms with E-state index < -0.39 is 0 Å². The number of methoxy groups -OCH3 is 3. The van der Waals surface area contributed by atoms with E-state index in [-0.39, 0.29) is 19.0 Å². The lowest BCUT2D eigenvalue weighted by molar-refractivity contribution is -0.145. The van der Waals surface area contributed by atoms with E-state index in [4.69, 9.17) is 18.9 Å². The Kier molecular flexibility index (Phi) is 7.08. The van der Waals surface area contributed by atoms with Gasteiger partial charge in [-0.2, -0.15) is 0 Å². The van der Waals surface area contributed by atoms with E-state index in [1.807, 2.05) is 47.8 Å². The molecule has 29 heavy (non-hydrogen) atoms. The van der Waals surface area contributed by atoms with Crippen LogP contribution in [0, 0.1) is 0 Å². The topological polar surface area (TPSA) is 66.9 Å². The van der Waals surface area contributed by atoms with Crippen molar-refractivity contribution < 1.29 is 23.7 Å². The number of aromatic nitrogens is 1. The molecule has 0 radical (unpaired) electrons.